The molecule has 27 heteroatoms. The highest BCUT2D eigenvalue weighted by Crippen LogP contribution is 2.22. The van der Waals surface area contributed by atoms with E-state index in [2.05, 4.69) is 57.5 Å². The molecule has 362 valence electrons. The van der Waals surface area contributed by atoms with E-state index in [0.29, 0.717) is 34.5 Å². The number of hydrogen-bond acceptors (Lipinski definition) is 12. The number of rotatable bonds is 20. The number of aryl methyl sites for hydroxylation is 6. The van der Waals surface area contributed by atoms with Gasteiger partial charge in [0, 0.05) is 136 Å². The van der Waals surface area contributed by atoms with E-state index in [9.17, 15) is 43.2 Å². The molecule has 6 heterocycles. The molecule has 0 spiro atoms. The standard InChI is InChI=1S/C42H49N17O10/c1-54-14-13-43-37(54)40(67)44-23-15-28(55(2)18-23)51-33(62)9-7-31(60)47-26-21-58(5)38(49-26)41(68)45-24-16-29(56(3)19-24)52-34(63)10-8-32(61)48-27-22-59(6)39(50-27)42(69)46-25-17-30(57(4)20-25)53-35(64)11-12-36(65)66/h13-22H,7-12H2,1-6H3,(H,44,67)(H,45,68)(H,46,69)(H,47,60)(H,48,61)(H,51,62)(H,52,63)(H,53,64)(H,65,66). The fourth-order valence-electron chi connectivity index (χ4n) is 6.59. The van der Waals surface area contributed by atoms with Crippen molar-refractivity contribution < 1.29 is 48.3 Å². The summed E-state index contributed by atoms with van der Waals surface area (Å²) in [6.07, 6.45) is 9.28. The second-order valence-electron chi connectivity index (χ2n) is 15.7. The summed E-state index contributed by atoms with van der Waals surface area (Å²) in [7, 11) is 9.71. The molecule has 0 radical (unpaired) electrons. The summed E-state index contributed by atoms with van der Waals surface area (Å²) in [5.41, 5.74) is 1.05. The summed E-state index contributed by atoms with van der Waals surface area (Å²) >= 11 is 0. The summed E-state index contributed by atoms with van der Waals surface area (Å²) in [5, 5.41) is 29.9. The molecule has 0 saturated heterocycles. The zero-order valence-electron chi connectivity index (χ0n) is 38.2. The minimum Gasteiger partial charge on any atom is -0.481 e. The Morgan fingerprint density at radius 1 is 0.420 bits per heavy atom. The zero-order valence-corrected chi connectivity index (χ0v) is 38.2. The molecule has 0 bridgehead atoms. The maximum Gasteiger partial charge on any atom is 0.303 e. The van der Waals surface area contributed by atoms with Crippen LogP contribution >= 0.6 is 0 Å². The van der Waals surface area contributed by atoms with Gasteiger partial charge in [-0.1, -0.05) is 0 Å². The molecule has 0 fully saturated rings. The Bertz CT molecular complexity index is 2980. The number of carboxylic acid groups (broad SMARTS) is 1. The number of amides is 8. The summed E-state index contributed by atoms with van der Waals surface area (Å²) < 4.78 is 9.03. The minimum atomic E-state index is -1.11. The average Bonchev–Trinajstić information content (AvgIpc) is 4.14. The minimum absolute atomic E-state index is 0.0527. The van der Waals surface area contributed by atoms with Crippen molar-refractivity contribution in [3.63, 3.8) is 0 Å². The van der Waals surface area contributed by atoms with E-state index in [-0.39, 0.29) is 67.6 Å². The molecule has 0 aliphatic carbocycles. The molecule has 0 atom stereocenters. The summed E-state index contributed by atoms with van der Waals surface area (Å²) in [4.78, 5) is 125. The number of aliphatic carboxylic acids is 1. The first kappa shape index (κ1) is 49.1. The fourth-order valence-corrected chi connectivity index (χ4v) is 6.59. The number of carbonyl (C=O) groups is 9. The van der Waals surface area contributed by atoms with Gasteiger partial charge in [0.05, 0.1) is 23.5 Å². The van der Waals surface area contributed by atoms with Gasteiger partial charge in [-0.25, -0.2) is 15.0 Å². The maximum atomic E-state index is 13.2. The lowest BCUT2D eigenvalue weighted by atomic mass is 10.3. The van der Waals surface area contributed by atoms with Crippen molar-refractivity contribution in [3.8, 4) is 0 Å². The second kappa shape index (κ2) is 21.3. The highest BCUT2D eigenvalue weighted by Gasteiger charge is 2.21. The van der Waals surface area contributed by atoms with Crippen molar-refractivity contribution in [2.24, 2.45) is 42.3 Å². The Morgan fingerprint density at radius 3 is 1.09 bits per heavy atom. The summed E-state index contributed by atoms with van der Waals surface area (Å²) in [6, 6.07) is 4.55. The molecule has 0 unspecified atom stereocenters. The fraction of sp³-hybridized carbons (Fsp3) is 0.286. The van der Waals surface area contributed by atoms with E-state index in [1.165, 1.54) is 50.6 Å². The Hall–Kier alpha value is -9.30. The van der Waals surface area contributed by atoms with Crippen molar-refractivity contribution in [2.45, 2.75) is 38.5 Å². The van der Waals surface area contributed by atoms with Crippen LogP contribution in [0, 0.1) is 0 Å². The van der Waals surface area contributed by atoms with Gasteiger partial charge in [-0.3, -0.25) is 43.2 Å². The molecule has 0 aliphatic heterocycles. The van der Waals surface area contributed by atoms with Gasteiger partial charge in [-0.15, -0.1) is 0 Å². The van der Waals surface area contributed by atoms with Crippen molar-refractivity contribution in [1.29, 1.82) is 0 Å². The monoisotopic (exact) mass is 951 g/mol. The van der Waals surface area contributed by atoms with Crippen LogP contribution in [0.15, 0.2) is 61.6 Å². The SMILES string of the molecule is Cn1cc(NC(=O)c2nc(NC(=O)CCC(=O)Nc3cc(NC(=O)c4nc(NC(=O)CCC(=O)Nc5cc(NC(=O)c6nccn6C)cn5C)cn4C)cn3C)cn2C)cc1NC(=O)CCC(=O)O. The molecule has 0 aliphatic rings. The van der Waals surface area contributed by atoms with Crippen LogP contribution in [-0.4, -0.2) is 101 Å². The van der Waals surface area contributed by atoms with Crippen LogP contribution in [0.2, 0.25) is 0 Å². The molecule has 6 aromatic rings. The third-order valence-electron chi connectivity index (χ3n) is 10.0. The first-order valence-corrected chi connectivity index (χ1v) is 20.9. The molecule has 6 aromatic heterocycles. The van der Waals surface area contributed by atoms with Crippen LogP contribution in [0.4, 0.5) is 46.2 Å². The van der Waals surface area contributed by atoms with E-state index in [1.807, 2.05) is 0 Å². The van der Waals surface area contributed by atoms with Crippen LogP contribution in [0.1, 0.15) is 70.4 Å². The van der Waals surface area contributed by atoms with Gasteiger partial charge in [0.1, 0.15) is 17.5 Å². The van der Waals surface area contributed by atoms with E-state index in [0.717, 1.165) is 0 Å². The number of hydrogen-bond donors (Lipinski definition) is 9. The van der Waals surface area contributed by atoms with Gasteiger partial charge in [-0.2, -0.15) is 0 Å². The zero-order chi connectivity index (χ0) is 50.1. The van der Waals surface area contributed by atoms with Gasteiger partial charge in [0.25, 0.3) is 17.7 Å². The van der Waals surface area contributed by atoms with E-state index in [1.54, 1.807) is 80.6 Å². The van der Waals surface area contributed by atoms with E-state index in [4.69, 9.17) is 5.11 Å². The van der Waals surface area contributed by atoms with Crippen molar-refractivity contribution in [2.75, 3.05) is 42.5 Å². The van der Waals surface area contributed by atoms with Crippen LogP contribution in [0.3, 0.4) is 0 Å². The molecular weight excluding hydrogens is 903 g/mol. The van der Waals surface area contributed by atoms with E-state index >= 15 is 0 Å². The van der Waals surface area contributed by atoms with Crippen LogP contribution in [0.25, 0.3) is 0 Å². The highest BCUT2D eigenvalue weighted by atomic mass is 16.4. The van der Waals surface area contributed by atoms with Crippen molar-refractivity contribution >= 4 is 99.4 Å². The maximum absolute atomic E-state index is 13.2. The predicted octanol–water partition coefficient (Wildman–Crippen LogP) is 2.18. The lowest BCUT2D eigenvalue weighted by Gasteiger charge is -2.06. The van der Waals surface area contributed by atoms with Crippen molar-refractivity contribution in [3.05, 3.63) is 79.1 Å². The molecular formula is C42H49N17O10. The number of aromatic nitrogens is 9. The number of nitrogens with one attached hydrogen (secondary N) is 8. The van der Waals surface area contributed by atoms with E-state index < -0.39 is 53.2 Å². The van der Waals surface area contributed by atoms with Crippen molar-refractivity contribution in [1.82, 2.24) is 42.4 Å². The second-order valence-corrected chi connectivity index (χ2v) is 15.7. The number of carbonyl (C=O) groups excluding carboxylic acids is 8. The topological polar surface area (TPSA) is 338 Å². The summed E-state index contributed by atoms with van der Waals surface area (Å²) in [5.74, 6) is -4.08. The molecule has 8 amide bonds. The Kier molecular flexibility index (Phi) is 15.2. The smallest absolute Gasteiger partial charge is 0.303 e. The van der Waals surface area contributed by atoms with Gasteiger partial charge >= 0.3 is 5.97 Å². The number of carboxylic acids is 1. The number of nitrogens with zero attached hydrogens (tertiary/aromatic N) is 9. The summed E-state index contributed by atoms with van der Waals surface area (Å²) in [6.45, 7) is 0. The van der Waals surface area contributed by atoms with Gasteiger partial charge < -0.3 is 75.0 Å². The number of anilines is 8. The Labute approximate surface area is 391 Å². The first-order chi connectivity index (χ1) is 32.7. The lowest BCUT2D eigenvalue weighted by molar-refractivity contribution is -0.138. The van der Waals surface area contributed by atoms with Crippen LogP contribution in [-0.2, 0) is 71.1 Å². The predicted molar refractivity (Wildman–Crippen MR) is 248 cm³/mol. The van der Waals surface area contributed by atoms with Gasteiger partial charge in [-0.05, 0) is 0 Å². The third-order valence-corrected chi connectivity index (χ3v) is 10.0. The van der Waals surface area contributed by atoms with Crippen LogP contribution < -0.4 is 42.5 Å². The van der Waals surface area contributed by atoms with Gasteiger partial charge in [0.15, 0.2) is 17.5 Å². The molecule has 69 heavy (non-hydrogen) atoms. The van der Waals surface area contributed by atoms with Gasteiger partial charge in [0.2, 0.25) is 41.2 Å². The number of imidazole rings is 3. The highest BCUT2D eigenvalue weighted by molar-refractivity contribution is 6.05. The van der Waals surface area contributed by atoms with Crippen LogP contribution in [0.5, 0.6) is 0 Å². The third kappa shape index (κ3) is 13.2. The average molecular weight is 952 g/mol. The normalized spacial score (nSPS) is 10.8. The molecule has 0 aromatic carbocycles. The molecule has 9 N–H and O–H groups in total. The molecule has 0 saturated carbocycles. The largest absolute Gasteiger partial charge is 0.481 e. The quantitative estimate of drug-likeness (QED) is 0.0531. The molecule has 6 rings (SSSR count). The first-order valence-electron chi connectivity index (χ1n) is 20.9. The Morgan fingerprint density at radius 2 is 0.754 bits per heavy atom. The Balaban J connectivity index is 0.915. The lowest BCUT2D eigenvalue weighted by Crippen LogP contribution is -2.19. The molecule has 27 nitrogen and oxygen atoms in total.